The quantitative estimate of drug-likeness (QED) is 0.244. The van der Waals surface area contributed by atoms with E-state index in [9.17, 15) is 14.7 Å². The van der Waals surface area contributed by atoms with Crippen molar-refractivity contribution in [3.05, 3.63) is 94.4 Å². The second-order valence-corrected chi connectivity index (χ2v) is 9.60. The Morgan fingerprint density at radius 2 is 1.97 bits per heavy atom. The molecule has 0 radical (unpaired) electrons. The van der Waals surface area contributed by atoms with Gasteiger partial charge in [-0.1, -0.05) is 42.2 Å². The van der Waals surface area contributed by atoms with E-state index in [-0.39, 0.29) is 5.57 Å². The fourth-order valence-corrected chi connectivity index (χ4v) is 5.61. The van der Waals surface area contributed by atoms with Gasteiger partial charge in [-0.3, -0.25) is 14.5 Å². The molecule has 3 heterocycles. The van der Waals surface area contributed by atoms with Gasteiger partial charge in [0.1, 0.15) is 18.1 Å². The SMILES string of the molecule is C=CCOc1ccc([C@H]2C(C(=O)c3cccs3)=C(O)C(=O)N2c2nc3ccc(OC)cc3s2)cc1. The lowest BCUT2D eigenvalue weighted by molar-refractivity contribution is -0.117. The molecule has 2 aromatic carbocycles. The van der Waals surface area contributed by atoms with Crippen LogP contribution in [0.2, 0.25) is 0 Å². The van der Waals surface area contributed by atoms with Gasteiger partial charge in [0.2, 0.25) is 5.78 Å². The van der Waals surface area contributed by atoms with E-state index >= 15 is 0 Å². The van der Waals surface area contributed by atoms with Gasteiger partial charge in [0.25, 0.3) is 5.91 Å². The molecule has 0 fully saturated rings. The topological polar surface area (TPSA) is 89.0 Å². The Hall–Kier alpha value is -3.95. The van der Waals surface area contributed by atoms with E-state index in [1.165, 1.54) is 27.6 Å². The number of methoxy groups -OCH3 is 1. The highest BCUT2D eigenvalue weighted by Gasteiger charge is 2.46. The normalized spacial score (nSPS) is 15.6. The number of ether oxygens (including phenoxy) is 2. The van der Waals surface area contributed by atoms with Gasteiger partial charge in [0.15, 0.2) is 10.9 Å². The van der Waals surface area contributed by atoms with Crippen LogP contribution in [-0.4, -0.2) is 35.5 Å². The molecular formula is C26H20N2O5S2. The first kappa shape index (κ1) is 22.8. The monoisotopic (exact) mass is 504 g/mol. The van der Waals surface area contributed by atoms with Crippen molar-refractivity contribution >= 4 is 49.7 Å². The van der Waals surface area contributed by atoms with Gasteiger partial charge < -0.3 is 14.6 Å². The van der Waals surface area contributed by atoms with Crippen LogP contribution in [0.15, 0.2) is 84.0 Å². The van der Waals surface area contributed by atoms with Gasteiger partial charge in [0, 0.05) is 0 Å². The van der Waals surface area contributed by atoms with Crippen molar-refractivity contribution in [1.29, 1.82) is 0 Å². The van der Waals surface area contributed by atoms with Crippen molar-refractivity contribution in [1.82, 2.24) is 4.98 Å². The number of anilines is 1. The molecule has 1 amide bonds. The lowest BCUT2D eigenvalue weighted by Crippen LogP contribution is -2.30. The Bertz CT molecular complexity index is 1450. The summed E-state index contributed by atoms with van der Waals surface area (Å²) in [7, 11) is 1.58. The zero-order valence-electron chi connectivity index (χ0n) is 18.6. The van der Waals surface area contributed by atoms with Crippen LogP contribution in [0.5, 0.6) is 11.5 Å². The van der Waals surface area contributed by atoms with Crippen LogP contribution in [0.1, 0.15) is 21.3 Å². The van der Waals surface area contributed by atoms with Crippen molar-refractivity contribution in [2.75, 3.05) is 18.6 Å². The average molecular weight is 505 g/mol. The summed E-state index contributed by atoms with van der Waals surface area (Å²) in [5.74, 6) is -0.351. The van der Waals surface area contributed by atoms with Crippen molar-refractivity contribution in [2.45, 2.75) is 6.04 Å². The standard InChI is InChI=1S/C26H20N2O5S2/c1-3-12-33-16-8-6-15(7-9-16)22-21(23(29)19-5-4-13-34-19)24(30)25(31)28(22)26-27-18-11-10-17(32-2)14-20(18)35-26/h3-11,13-14,22,30H,1,12H2,2H3/t22-/m0/s1. The largest absolute Gasteiger partial charge is 0.503 e. The molecule has 176 valence electrons. The van der Waals surface area contributed by atoms with E-state index in [2.05, 4.69) is 11.6 Å². The summed E-state index contributed by atoms with van der Waals surface area (Å²) in [4.78, 5) is 33.2. The summed E-state index contributed by atoms with van der Waals surface area (Å²) in [6.07, 6.45) is 1.64. The van der Waals surface area contributed by atoms with E-state index in [0.717, 1.165) is 4.70 Å². The molecule has 0 unspecified atom stereocenters. The number of hydrogen-bond acceptors (Lipinski definition) is 8. The smallest absolute Gasteiger partial charge is 0.296 e. The maximum absolute atomic E-state index is 13.4. The van der Waals surface area contributed by atoms with Crippen LogP contribution in [-0.2, 0) is 4.79 Å². The Morgan fingerprint density at radius 3 is 2.66 bits per heavy atom. The molecule has 0 saturated heterocycles. The second kappa shape index (κ2) is 9.36. The third kappa shape index (κ3) is 4.09. The maximum Gasteiger partial charge on any atom is 0.296 e. The van der Waals surface area contributed by atoms with E-state index in [4.69, 9.17) is 9.47 Å². The number of aromatic nitrogens is 1. The first-order valence-electron chi connectivity index (χ1n) is 10.6. The molecule has 7 nitrogen and oxygen atoms in total. The minimum Gasteiger partial charge on any atom is -0.503 e. The summed E-state index contributed by atoms with van der Waals surface area (Å²) in [6, 6.07) is 15.1. The number of ketones is 1. The van der Waals surface area contributed by atoms with Crippen molar-refractivity contribution in [3.8, 4) is 11.5 Å². The number of aliphatic hydroxyl groups excluding tert-OH is 1. The Labute approximate surface area is 209 Å². The first-order chi connectivity index (χ1) is 17.0. The predicted molar refractivity (Wildman–Crippen MR) is 137 cm³/mol. The van der Waals surface area contributed by atoms with Gasteiger partial charge >= 0.3 is 0 Å². The molecule has 1 aliphatic heterocycles. The number of hydrogen-bond donors (Lipinski definition) is 1. The number of benzene rings is 2. The highest BCUT2D eigenvalue weighted by molar-refractivity contribution is 7.22. The number of amides is 1. The molecule has 1 atom stereocenters. The summed E-state index contributed by atoms with van der Waals surface area (Å²) in [6.45, 7) is 4.00. The van der Waals surface area contributed by atoms with E-state index < -0.39 is 23.5 Å². The van der Waals surface area contributed by atoms with Crippen LogP contribution in [0, 0.1) is 0 Å². The van der Waals surface area contributed by atoms with Gasteiger partial charge in [0.05, 0.1) is 33.8 Å². The molecule has 1 N–H and O–H groups in total. The van der Waals surface area contributed by atoms with Crippen LogP contribution in [0.4, 0.5) is 5.13 Å². The summed E-state index contributed by atoms with van der Waals surface area (Å²) < 4.78 is 11.7. The van der Waals surface area contributed by atoms with Crippen molar-refractivity contribution in [3.63, 3.8) is 0 Å². The van der Waals surface area contributed by atoms with Crippen LogP contribution in [0.25, 0.3) is 10.2 Å². The number of carbonyl (C=O) groups is 2. The van der Waals surface area contributed by atoms with E-state index in [0.29, 0.717) is 39.2 Å². The maximum atomic E-state index is 13.4. The number of carbonyl (C=O) groups excluding carboxylic acids is 2. The third-order valence-electron chi connectivity index (χ3n) is 5.55. The van der Waals surface area contributed by atoms with Crippen LogP contribution < -0.4 is 14.4 Å². The van der Waals surface area contributed by atoms with Gasteiger partial charge in [-0.05, 0) is 47.3 Å². The fraction of sp³-hybridized carbons (Fsp3) is 0.115. The van der Waals surface area contributed by atoms with Crippen molar-refractivity contribution in [2.24, 2.45) is 0 Å². The lowest BCUT2D eigenvalue weighted by atomic mass is 9.95. The number of aliphatic hydroxyl groups is 1. The number of thiazole rings is 1. The zero-order valence-corrected chi connectivity index (χ0v) is 20.3. The minimum atomic E-state index is -0.854. The molecule has 35 heavy (non-hydrogen) atoms. The molecule has 4 aromatic rings. The third-order valence-corrected chi connectivity index (χ3v) is 7.44. The number of nitrogens with zero attached hydrogens (tertiary/aromatic N) is 2. The average Bonchev–Trinajstić information content (AvgIpc) is 3.61. The molecule has 0 bridgehead atoms. The fourth-order valence-electron chi connectivity index (χ4n) is 3.91. The van der Waals surface area contributed by atoms with Crippen LogP contribution in [0.3, 0.4) is 0 Å². The van der Waals surface area contributed by atoms with Gasteiger partial charge in [-0.2, -0.15) is 0 Å². The first-order valence-corrected chi connectivity index (χ1v) is 12.3. The lowest BCUT2D eigenvalue weighted by Gasteiger charge is -2.24. The number of rotatable bonds is 8. The second-order valence-electron chi connectivity index (χ2n) is 7.65. The summed E-state index contributed by atoms with van der Waals surface area (Å²) in [5.41, 5.74) is 1.35. The van der Waals surface area contributed by atoms with Gasteiger partial charge in [-0.15, -0.1) is 11.3 Å². The molecule has 0 spiro atoms. The number of fused-ring (bicyclic) bond motifs is 1. The molecule has 2 aromatic heterocycles. The molecule has 9 heteroatoms. The Balaban J connectivity index is 1.62. The number of thiophene rings is 1. The minimum absolute atomic E-state index is 0.0223. The zero-order chi connectivity index (χ0) is 24.5. The molecule has 0 saturated carbocycles. The van der Waals surface area contributed by atoms with Crippen molar-refractivity contribution < 1.29 is 24.2 Å². The van der Waals surface area contributed by atoms with E-state index in [1.807, 2.05) is 6.07 Å². The van der Waals surface area contributed by atoms with Crippen LogP contribution >= 0.6 is 22.7 Å². The highest BCUT2D eigenvalue weighted by atomic mass is 32.1. The van der Waals surface area contributed by atoms with Gasteiger partial charge in [-0.25, -0.2) is 4.98 Å². The number of Topliss-reactive ketones (excluding diaryl/α,β-unsaturated/α-hetero) is 1. The molecule has 5 rings (SSSR count). The Kier molecular flexibility index (Phi) is 6.10. The summed E-state index contributed by atoms with van der Waals surface area (Å²) >= 11 is 2.54. The molecule has 0 aliphatic carbocycles. The Morgan fingerprint density at radius 1 is 1.20 bits per heavy atom. The highest BCUT2D eigenvalue weighted by Crippen LogP contribution is 2.45. The van der Waals surface area contributed by atoms with E-state index in [1.54, 1.807) is 67.1 Å². The predicted octanol–water partition coefficient (Wildman–Crippen LogP) is 5.71. The molecule has 1 aliphatic rings. The summed E-state index contributed by atoms with van der Waals surface area (Å²) in [5, 5.41) is 13.1. The molecular weight excluding hydrogens is 484 g/mol.